The predicted molar refractivity (Wildman–Crippen MR) is 162 cm³/mol. The van der Waals surface area contributed by atoms with Gasteiger partial charge in [0.1, 0.15) is 0 Å². The van der Waals surface area contributed by atoms with E-state index in [4.69, 9.17) is 14.7 Å². The highest BCUT2D eigenvalue weighted by Gasteiger charge is 2.21. The summed E-state index contributed by atoms with van der Waals surface area (Å²) in [5.74, 6) is -1.73. The standard InChI is InChI=1S/C29H39N3O.C4H4O4/c1-22(2)10-12-25-13-14-26-28(30-33-29(26)27(25)21-31(3)4)15-11-23-16-18-32(19-17-23)20-24-8-6-5-7-9-24;5-3(6)1-2-4(7)8/h5-10,13-14,23H,11-12,15-21H2,1-4H3;1-2H,(H,5,6)(H,7,8). The Labute approximate surface area is 242 Å². The SMILES string of the molecule is CC(C)=CCc1ccc2c(CCC3CCN(Cc4ccccc4)CC3)noc2c1CN(C)C.O=C(O)C=CC(=O)O. The number of allylic oxidation sites excluding steroid dienone is 2. The third kappa shape index (κ3) is 10.6. The van der Waals surface area contributed by atoms with Crippen LogP contribution in [-0.4, -0.2) is 64.3 Å². The summed E-state index contributed by atoms with van der Waals surface area (Å²) in [6, 6.07) is 15.4. The number of aromatic nitrogens is 1. The van der Waals surface area contributed by atoms with Gasteiger partial charge < -0.3 is 19.6 Å². The van der Waals surface area contributed by atoms with Gasteiger partial charge in [-0.05, 0) is 96.2 Å². The normalized spacial score (nSPS) is 14.3. The summed E-state index contributed by atoms with van der Waals surface area (Å²) in [5, 5.41) is 21.4. The number of hydrogen-bond acceptors (Lipinski definition) is 6. The lowest BCUT2D eigenvalue weighted by Crippen LogP contribution is -2.33. The Bertz CT molecular complexity index is 1320. The third-order valence-corrected chi connectivity index (χ3v) is 7.23. The minimum absolute atomic E-state index is 0.558. The zero-order chi connectivity index (χ0) is 29.8. The van der Waals surface area contributed by atoms with Crippen molar-refractivity contribution in [1.29, 1.82) is 0 Å². The number of hydrogen-bond donors (Lipinski definition) is 2. The highest BCUT2D eigenvalue weighted by molar-refractivity contribution is 5.89. The Balaban J connectivity index is 0.000000507. The molecule has 220 valence electrons. The smallest absolute Gasteiger partial charge is 0.328 e. The van der Waals surface area contributed by atoms with Crippen LogP contribution in [0.4, 0.5) is 0 Å². The van der Waals surface area contributed by atoms with Gasteiger partial charge in [-0.1, -0.05) is 53.2 Å². The minimum Gasteiger partial charge on any atom is -0.478 e. The van der Waals surface area contributed by atoms with Gasteiger partial charge in [-0.2, -0.15) is 0 Å². The lowest BCUT2D eigenvalue weighted by atomic mass is 9.90. The van der Waals surface area contributed by atoms with Crippen LogP contribution in [0.1, 0.15) is 55.5 Å². The molecule has 0 aliphatic carbocycles. The fraction of sp³-hybridized carbons (Fsp3) is 0.424. The third-order valence-electron chi connectivity index (χ3n) is 7.23. The first kappa shape index (κ1) is 31.8. The van der Waals surface area contributed by atoms with E-state index in [1.165, 1.54) is 60.0 Å². The van der Waals surface area contributed by atoms with Gasteiger partial charge in [0.05, 0.1) is 5.69 Å². The number of rotatable bonds is 11. The van der Waals surface area contributed by atoms with Crippen molar-refractivity contribution in [3.63, 3.8) is 0 Å². The van der Waals surface area contributed by atoms with Crippen LogP contribution in [0.2, 0.25) is 0 Å². The molecule has 1 aliphatic heterocycles. The number of carbonyl (C=O) groups is 2. The topological polar surface area (TPSA) is 107 Å². The number of aliphatic carboxylic acids is 2. The first-order chi connectivity index (χ1) is 19.6. The number of carboxylic acids is 2. The predicted octanol–water partition coefficient (Wildman–Crippen LogP) is 5.95. The lowest BCUT2D eigenvalue weighted by Gasteiger charge is -2.32. The van der Waals surface area contributed by atoms with Crippen LogP contribution in [0, 0.1) is 5.92 Å². The summed E-state index contributed by atoms with van der Waals surface area (Å²) in [6.45, 7) is 8.65. The monoisotopic (exact) mass is 561 g/mol. The second kappa shape index (κ2) is 15.9. The summed E-state index contributed by atoms with van der Waals surface area (Å²) < 4.78 is 5.95. The Morgan fingerprint density at radius 3 is 2.27 bits per heavy atom. The van der Waals surface area contributed by atoms with Crippen molar-refractivity contribution in [3.05, 3.63) is 88.7 Å². The highest BCUT2D eigenvalue weighted by Crippen LogP contribution is 2.30. The Hall–Kier alpha value is -3.75. The zero-order valence-corrected chi connectivity index (χ0v) is 24.7. The first-order valence-electron chi connectivity index (χ1n) is 14.2. The fourth-order valence-corrected chi connectivity index (χ4v) is 5.08. The maximum Gasteiger partial charge on any atom is 0.328 e. The van der Waals surface area contributed by atoms with E-state index in [1.54, 1.807) is 0 Å². The van der Waals surface area contributed by atoms with E-state index in [0.29, 0.717) is 12.2 Å². The number of benzene rings is 2. The summed E-state index contributed by atoms with van der Waals surface area (Å²) >= 11 is 0. The molecular formula is C33H43N3O5. The van der Waals surface area contributed by atoms with Gasteiger partial charge in [-0.3, -0.25) is 4.90 Å². The molecule has 0 spiro atoms. The fourth-order valence-electron chi connectivity index (χ4n) is 5.08. The molecule has 2 heterocycles. The molecule has 8 heteroatoms. The van der Waals surface area contributed by atoms with E-state index >= 15 is 0 Å². The minimum atomic E-state index is -1.26. The molecule has 0 saturated carbocycles. The van der Waals surface area contributed by atoms with Gasteiger partial charge >= 0.3 is 11.9 Å². The quantitative estimate of drug-likeness (QED) is 0.218. The Morgan fingerprint density at radius 1 is 1.02 bits per heavy atom. The average Bonchev–Trinajstić information content (AvgIpc) is 3.35. The van der Waals surface area contributed by atoms with Crippen molar-refractivity contribution in [2.75, 3.05) is 27.2 Å². The number of carboxylic acid groups (broad SMARTS) is 2. The lowest BCUT2D eigenvalue weighted by molar-refractivity contribution is -0.134. The van der Waals surface area contributed by atoms with Crippen molar-refractivity contribution in [2.24, 2.45) is 5.92 Å². The maximum atomic E-state index is 9.55. The molecule has 1 aliphatic rings. The molecule has 1 aromatic heterocycles. The van der Waals surface area contributed by atoms with Gasteiger partial charge in [0.2, 0.25) is 0 Å². The molecular weight excluding hydrogens is 518 g/mol. The molecule has 0 amide bonds. The van der Waals surface area contributed by atoms with E-state index in [2.05, 4.69) is 91.4 Å². The summed E-state index contributed by atoms with van der Waals surface area (Å²) in [7, 11) is 4.23. The Morgan fingerprint density at radius 2 is 1.68 bits per heavy atom. The Kier molecular flexibility index (Phi) is 12.3. The van der Waals surface area contributed by atoms with E-state index in [9.17, 15) is 9.59 Å². The van der Waals surface area contributed by atoms with Gasteiger partial charge in [-0.25, -0.2) is 9.59 Å². The maximum absolute atomic E-state index is 9.55. The number of aryl methyl sites for hydroxylation is 1. The number of piperidine rings is 1. The highest BCUT2D eigenvalue weighted by atomic mass is 16.5. The molecule has 4 rings (SSSR count). The molecule has 1 fully saturated rings. The van der Waals surface area contributed by atoms with Crippen molar-refractivity contribution in [2.45, 2.75) is 59.0 Å². The van der Waals surface area contributed by atoms with Gasteiger partial charge in [0, 0.05) is 36.2 Å². The van der Waals surface area contributed by atoms with Crippen LogP contribution < -0.4 is 0 Å². The molecule has 41 heavy (non-hydrogen) atoms. The molecule has 2 N–H and O–H groups in total. The first-order valence-corrected chi connectivity index (χ1v) is 14.2. The van der Waals surface area contributed by atoms with E-state index < -0.39 is 11.9 Å². The zero-order valence-electron chi connectivity index (χ0n) is 24.7. The molecule has 1 saturated heterocycles. The van der Waals surface area contributed by atoms with Crippen LogP contribution >= 0.6 is 0 Å². The van der Waals surface area contributed by atoms with E-state index in [0.717, 1.165) is 43.1 Å². The van der Waals surface area contributed by atoms with Crippen molar-refractivity contribution in [1.82, 2.24) is 15.0 Å². The average molecular weight is 562 g/mol. The van der Waals surface area contributed by atoms with Crippen LogP contribution in [0.3, 0.4) is 0 Å². The summed E-state index contributed by atoms with van der Waals surface area (Å²) in [5.41, 5.74) is 7.50. The van der Waals surface area contributed by atoms with Crippen molar-refractivity contribution in [3.8, 4) is 0 Å². The van der Waals surface area contributed by atoms with E-state index in [1.807, 2.05) is 0 Å². The molecule has 0 bridgehead atoms. The van der Waals surface area contributed by atoms with E-state index in [-0.39, 0.29) is 0 Å². The number of likely N-dealkylation sites (tertiary alicyclic amines) is 1. The molecule has 8 nitrogen and oxygen atoms in total. The van der Waals surface area contributed by atoms with Crippen LogP contribution in [-0.2, 0) is 35.5 Å². The van der Waals surface area contributed by atoms with Crippen molar-refractivity contribution < 1.29 is 24.3 Å². The van der Waals surface area contributed by atoms with Gasteiger partial charge in [-0.15, -0.1) is 0 Å². The summed E-state index contributed by atoms with van der Waals surface area (Å²) in [6.07, 6.45) is 9.11. The van der Waals surface area contributed by atoms with Crippen LogP contribution in [0.5, 0.6) is 0 Å². The number of fused-ring (bicyclic) bond motifs is 1. The van der Waals surface area contributed by atoms with Gasteiger partial charge in [0.25, 0.3) is 0 Å². The van der Waals surface area contributed by atoms with Crippen LogP contribution in [0.15, 0.2) is 70.8 Å². The van der Waals surface area contributed by atoms with Crippen LogP contribution in [0.25, 0.3) is 11.0 Å². The molecule has 0 unspecified atom stereocenters. The largest absolute Gasteiger partial charge is 0.478 e. The molecule has 0 atom stereocenters. The van der Waals surface area contributed by atoms with Gasteiger partial charge in [0.15, 0.2) is 5.58 Å². The molecule has 2 aromatic carbocycles. The second-order valence-electron chi connectivity index (χ2n) is 11.2. The second-order valence-corrected chi connectivity index (χ2v) is 11.2. The molecule has 0 radical (unpaired) electrons. The molecule has 3 aromatic rings. The van der Waals surface area contributed by atoms with Crippen molar-refractivity contribution >= 4 is 22.9 Å². The summed E-state index contributed by atoms with van der Waals surface area (Å²) in [4.78, 5) is 23.9. The number of nitrogens with zero attached hydrogens (tertiary/aromatic N) is 3.